The van der Waals surface area contributed by atoms with Crippen molar-refractivity contribution in [2.24, 2.45) is 0 Å². The van der Waals surface area contributed by atoms with Gasteiger partial charge in [-0.15, -0.1) is 11.6 Å². The van der Waals surface area contributed by atoms with Gasteiger partial charge in [-0.05, 0) is 0 Å². The number of aliphatic hydroxyl groups excluding tert-OH is 1. The number of hydrogen-bond acceptors (Lipinski definition) is 3. The smallest absolute Gasteiger partial charge is 0.550 e. The molecule has 0 aliphatic carbocycles. The van der Waals surface area contributed by atoms with Crippen LogP contribution in [-0.4, -0.2) is 23.1 Å². The van der Waals surface area contributed by atoms with Crippen molar-refractivity contribution >= 4 is 17.6 Å². The second kappa shape index (κ2) is 6.83. The fraction of sp³-hybridized carbons (Fsp3) is 0.750. The number of hydrogen-bond donors (Lipinski definition) is 1. The van der Waals surface area contributed by atoms with E-state index in [-0.39, 0.29) is 41.9 Å². The van der Waals surface area contributed by atoms with Crippen LogP contribution >= 0.6 is 11.6 Å². The van der Waals surface area contributed by atoms with E-state index in [1.807, 2.05) is 0 Å². The average Bonchev–Trinajstić information content (AvgIpc) is 1.65. The largest absolute Gasteiger partial charge is 1.00 e. The summed E-state index contributed by atoms with van der Waals surface area (Å²) in [4.78, 5) is 9.64. The first kappa shape index (κ1) is 12.4. The Morgan fingerprint density at radius 3 is 2.33 bits per heavy atom. The Morgan fingerprint density at radius 2 is 2.22 bits per heavy atom. The van der Waals surface area contributed by atoms with E-state index in [9.17, 15) is 9.90 Å². The van der Waals surface area contributed by atoms with Gasteiger partial charge in [-0.2, -0.15) is 0 Å². The molecule has 0 radical (unpaired) electrons. The maximum absolute atomic E-state index is 9.64. The van der Waals surface area contributed by atoms with Gasteiger partial charge in [0.2, 0.25) is 0 Å². The molecule has 3 nitrogen and oxygen atoms in total. The van der Waals surface area contributed by atoms with Crippen LogP contribution in [0.2, 0.25) is 0 Å². The Kier molecular flexibility index (Phi) is 9.42. The van der Waals surface area contributed by atoms with Gasteiger partial charge in [0.15, 0.2) is 0 Å². The average molecular weight is 161 g/mol. The van der Waals surface area contributed by atoms with Crippen LogP contribution in [0, 0.1) is 0 Å². The summed E-state index contributed by atoms with van der Waals surface area (Å²) >= 11 is 5.05. The first-order chi connectivity index (χ1) is 3.66. The van der Waals surface area contributed by atoms with Gasteiger partial charge in [-0.25, -0.2) is 0 Å². The van der Waals surface area contributed by atoms with Crippen LogP contribution in [0.1, 0.15) is 6.42 Å². The molecule has 0 amide bonds. The van der Waals surface area contributed by atoms with Gasteiger partial charge in [0.05, 0.1) is 6.10 Å². The molecule has 1 N–H and O–H groups in total. The Balaban J connectivity index is 0. The van der Waals surface area contributed by atoms with Crippen molar-refractivity contribution in [3.8, 4) is 0 Å². The standard InChI is InChI=1S/C4H7ClO3.Na/c5-2-3(6)1-4(7)8;/h3,6H,1-2H2,(H,7,8);/q;+1/p-1. The van der Waals surface area contributed by atoms with E-state index >= 15 is 0 Å². The number of carboxylic acid groups (broad SMARTS) is 1. The van der Waals surface area contributed by atoms with Crippen molar-refractivity contribution in [2.45, 2.75) is 12.5 Å². The Labute approximate surface area is 80.3 Å². The van der Waals surface area contributed by atoms with Gasteiger partial charge < -0.3 is 15.0 Å². The summed E-state index contributed by atoms with van der Waals surface area (Å²) in [5, 5.41) is 18.1. The van der Waals surface area contributed by atoms with Crippen molar-refractivity contribution in [3.63, 3.8) is 0 Å². The van der Waals surface area contributed by atoms with Gasteiger partial charge in [0, 0.05) is 18.3 Å². The van der Waals surface area contributed by atoms with Crippen LogP contribution in [0.3, 0.4) is 0 Å². The molecule has 0 heterocycles. The minimum absolute atomic E-state index is 0. The van der Waals surface area contributed by atoms with Gasteiger partial charge >= 0.3 is 29.6 Å². The summed E-state index contributed by atoms with van der Waals surface area (Å²) in [6, 6.07) is 0. The molecule has 0 aromatic carbocycles. The maximum atomic E-state index is 9.64. The van der Waals surface area contributed by atoms with Crippen molar-refractivity contribution < 1.29 is 44.6 Å². The number of aliphatic carboxylic acids is 1. The second-order valence-corrected chi connectivity index (χ2v) is 1.69. The summed E-state index contributed by atoms with van der Waals surface area (Å²) in [7, 11) is 0. The van der Waals surface area contributed by atoms with Crippen molar-refractivity contribution in [1.82, 2.24) is 0 Å². The molecule has 0 rings (SSSR count). The zero-order valence-electron chi connectivity index (χ0n) is 5.13. The summed E-state index contributed by atoms with van der Waals surface area (Å²) in [5.74, 6) is -1.34. The van der Waals surface area contributed by atoms with E-state index in [2.05, 4.69) is 0 Å². The summed E-state index contributed by atoms with van der Waals surface area (Å²) in [5.41, 5.74) is 0. The molecule has 48 valence electrons. The summed E-state index contributed by atoms with van der Waals surface area (Å²) < 4.78 is 0. The molecule has 1 unspecified atom stereocenters. The number of carbonyl (C=O) groups excluding carboxylic acids is 1. The van der Waals surface area contributed by atoms with E-state index in [1.165, 1.54) is 0 Å². The van der Waals surface area contributed by atoms with Crippen LogP contribution in [0.25, 0.3) is 0 Å². The molecule has 1 atom stereocenters. The molecule has 0 saturated heterocycles. The zero-order valence-corrected chi connectivity index (χ0v) is 7.89. The monoisotopic (exact) mass is 160 g/mol. The van der Waals surface area contributed by atoms with Crippen LogP contribution in [0.15, 0.2) is 0 Å². The first-order valence-electron chi connectivity index (χ1n) is 2.10. The molecular formula is C4H6ClNaO3. The van der Waals surface area contributed by atoms with Crippen LogP contribution < -0.4 is 34.7 Å². The van der Waals surface area contributed by atoms with E-state index in [0.717, 1.165) is 0 Å². The zero-order chi connectivity index (χ0) is 6.57. The first-order valence-corrected chi connectivity index (χ1v) is 2.64. The maximum Gasteiger partial charge on any atom is 1.00 e. The van der Waals surface area contributed by atoms with Gasteiger partial charge in [0.25, 0.3) is 0 Å². The molecular weight excluding hydrogens is 154 g/mol. The molecule has 0 aliphatic rings. The molecule has 0 aromatic heterocycles. The van der Waals surface area contributed by atoms with Gasteiger partial charge in [-0.1, -0.05) is 0 Å². The number of alkyl halides is 1. The molecule has 0 fully saturated rings. The third-order valence-corrected chi connectivity index (χ3v) is 0.937. The second-order valence-electron chi connectivity index (χ2n) is 1.38. The fourth-order valence-corrected chi connectivity index (χ4v) is 0.356. The predicted molar refractivity (Wildman–Crippen MR) is 26.4 cm³/mol. The summed E-state index contributed by atoms with van der Waals surface area (Å²) in [6.45, 7) is 0. The SMILES string of the molecule is O=C([O-])CC(O)CCl.[Na+]. The summed E-state index contributed by atoms with van der Waals surface area (Å²) in [6.07, 6.45) is -1.36. The Morgan fingerprint density at radius 1 is 1.78 bits per heavy atom. The van der Waals surface area contributed by atoms with Crippen molar-refractivity contribution in [1.29, 1.82) is 0 Å². The van der Waals surface area contributed by atoms with Crippen molar-refractivity contribution in [3.05, 3.63) is 0 Å². The van der Waals surface area contributed by atoms with E-state index in [4.69, 9.17) is 16.7 Å². The molecule has 0 spiro atoms. The molecule has 0 saturated carbocycles. The fourth-order valence-electron chi connectivity index (χ4n) is 0.247. The van der Waals surface area contributed by atoms with E-state index in [0.29, 0.717) is 0 Å². The Bertz CT molecular complexity index is 87.9. The number of carbonyl (C=O) groups is 1. The molecule has 0 aromatic rings. The van der Waals surface area contributed by atoms with Gasteiger partial charge in [-0.3, -0.25) is 0 Å². The predicted octanol–water partition coefficient (Wildman–Crippen LogP) is -4.27. The van der Waals surface area contributed by atoms with Crippen LogP contribution in [-0.2, 0) is 4.79 Å². The van der Waals surface area contributed by atoms with Crippen LogP contribution in [0.5, 0.6) is 0 Å². The quantitative estimate of drug-likeness (QED) is 0.336. The van der Waals surface area contributed by atoms with E-state index in [1.54, 1.807) is 0 Å². The van der Waals surface area contributed by atoms with E-state index < -0.39 is 12.1 Å². The molecule has 0 aliphatic heterocycles. The number of carboxylic acids is 1. The third kappa shape index (κ3) is 8.72. The topological polar surface area (TPSA) is 60.4 Å². The number of halogens is 1. The molecule has 9 heavy (non-hydrogen) atoms. The molecule has 0 bridgehead atoms. The number of aliphatic hydroxyl groups is 1. The Hall–Kier alpha value is 0.720. The van der Waals surface area contributed by atoms with Gasteiger partial charge in [0.1, 0.15) is 0 Å². The molecule has 5 heteroatoms. The normalized spacial score (nSPS) is 11.8. The minimum Gasteiger partial charge on any atom is -0.550 e. The van der Waals surface area contributed by atoms with Crippen LogP contribution in [0.4, 0.5) is 0 Å². The minimum atomic E-state index is -1.28. The number of rotatable bonds is 3. The van der Waals surface area contributed by atoms with Crippen molar-refractivity contribution in [2.75, 3.05) is 5.88 Å². The third-order valence-electron chi connectivity index (χ3n) is 0.580.